The van der Waals surface area contributed by atoms with E-state index in [1.165, 1.54) is 72.4 Å². The molecule has 50 heavy (non-hydrogen) atoms. The summed E-state index contributed by atoms with van der Waals surface area (Å²) in [5.41, 5.74) is -1.79. The lowest BCUT2D eigenvalue weighted by Crippen LogP contribution is -2.44. The van der Waals surface area contributed by atoms with E-state index in [2.05, 4.69) is 15.4 Å². The van der Waals surface area contributed by atoms with E-state index in [0.29, 0.717) is 17.7 Å². The zero-order chi connectivity index (χ0) is 36.3. The smallest absolute Gasteiger partial charge is 0.335 e. The van der Waals surface area contributed by atoms with Crippen LogP contribution in [0.3, 0.4) is 0 Å². The fourth-order valence-corrected chi connectivity index (χ4v) is 5.94. The second-order valence-electron chi connectivity index (χ2n) is 12.0. The number of sulfonamides is 1. The predicted octanol–water partition coefficient (Wildman–Crippen LogP) is 2.80. The Kier molecular flexibility index (Phi) is 10.3. The van der Waals surface area contributed by atoms with E-state index < -0.39 is 68.2 Å². The molecule has 4 aromatic rings. The van der Waals surface area contributed by atoms with Gasteiger partial charge in [-0.1, -0.05) is 12.1 Å². The van der Waals surface area contributed by atoms with Crippen LogP contribution in [0.4, 0.5) is 14.5 Å². The molecule has 0 bridgehead atoms. The number of amides is 2. The number of benzene rings is 3. The molecule has 0 spiro atoms. The van der Waals surface area contributed by atoms with Crippen LogP contribution in [-0.2, 0) is 33.0 Å². The Morgan fingerprint density at radius 1 is 0.920 bits per heavy atom. The van der Waals surface area contributed by atoms with Crippen LogP contribution in [0.5, 0.6) is 0 Å². The van der Waals surface area contributed by atoms with Crippen molar-refractivity contribution in [3.63, 3.8) is 0 Å². The van der Waals surface area contributed by atoms with Gasteiger partial charge in [0.25, 0.3) is 27.4 Å². The third-order valence-corrected chi connectivity index (χ3v) is 8.99. The van der Waals surface area contributed by atoms with Gasteiger partial charge in [-0.05, 0) is 80.8 Å². The van der Waals surface area contributed by atoms with Gasteiger partial charge in [-0.25, -0.2) is 31.4 Å². The van der Waals surface area contributed by atoms with E-state index >= 15 is 8.78 Å². The first-order chi connectivity index (χ1) is 23.6. The maximum Gasteiger partial charge on any atom is 0.335 e. The minimum Gasteiger partial charge on any atom is -0.461 e. The average Bonchev–Trinajstić information content (AvgIpc) is 3.86. The number of carbonyl (C=O) groups is 3. The summed E-state index contributed by atoms with van der Waals surface area (Å²) in [4.78, 5) is 62.8. The van der Waals surface area contributed by atoms with Gasteiger partial charge >= 0.3 is 11.7 Å². The largest absolute Gasteiger partial charge is 0.461 e. The number of aromatic nitrogens is 2. The Hall–Kier alpha value is -5.64. The van der Waals surface area contributed by atoms with Crippen LogP contribution < -0.4 is 26.6 Å². The topological polar surface area (TPSA) is 175 Å². The highest BCUT2D eigenvalue weighted by atomic mass is 32.2. The van der Waals surface area contributed by atoms with Gasteiger partial charge in [-0.15, -0.1) is 0 Å². The molecule has 0 saturated heterocycles. The first-order valence-corrected chi connectivity index (χ1v) is 16.9. The van der Waals surface area contributed by atoms with Crippen molar-refractivity contribution < 1.29 is 36.3 Å². The van der Waals surface area contributed by atoms with Gasteiger partial charge < -0.3 is 19.9 Å². The monoisotopic (exact) mass is 709 g/mol. The number of nitrogens with one attached hydrogen (secondary N) is 3. The predicted molar refractivity (Wildman–Crippen MR) is 178 cm³/mol. The minimum atomic E-state index is -4.35. The van der Waals surface area contributed by atoms with E-state index in [1.54, 1.807) is 13.8 Å². The van der Waals surface area contributed by atoms with Crippen molar-refractivity contribution in [3.8, 4) is 5.69 Å². The third-order valence-electron chi connectivity index (χ3n) is 7.59. The van der Waals surface area contributed by atoms with Crippen molar-refractivity contribution in [1.82, 2.24) is 19.8 Å². The first-order valence-electron chi connectivity index (χ1n) is 15.4. The molecule has 1 saturated carbocycles. The van der Waals surface area contributed by atoms with E-state index in [1.807, 2.05) is 0 Å². The SMILES string of the molecule is CC(C)OC(=O)[C@H](Cc1ccc(-n2c(=O)ccn(C)c2=O)cc1)NC(=O)c1c(F)cc(NS(=O)(=O)c2ccc(C(=O)NC3CC3)cc2)cc1F. The fraction of sp³-hybridized carbons (Fsp3) is 0.265. The minimum absolute atomic E-state index is 0.105. The molecule has 3 aromatic carbocycles. The van der Waals surface area contributed by atoms with Gasteiger partial charge in [-0.3, -0.25) is 19.1 Å². The molecule has 1 atom stereocenters. The number of ether oxygens (including phenoxy) is 1. The quantitative estimate of drug-likeness (QED) is 0.188. The number of hydrogen-bond acceptors (Lipinski definition) is 8. The lowest BCUT2D eigenvalue weighted by molar-refractivity contribution is -0.149. The number of aryl methyl sites for hydroxylation is 1. The van der Waals surface area contributed by atoms with E-state index in [4.69, 9.17) is 4.74 Å². The summed E-state index contributed by atoms with van der Waals surface area (Å²) in [5, 5.41) is 5.07. The number of hydrogen-bond donors (Lipinski definition) is 3. The summed E-state index contributed by atoms with van der Waals surface area (Å²) < 4.78 is 65.8. The molecular formula is C34H33F2N5O8S. The van der Waals surface area contributed by atoms with Crippen LogP contribution in [-0.4, -0.2) is 53.5 Å². The molecule has 5 rings (SSSR count). The molecule has 1 aromatic heterocycles. The molecule has 0 unspecified atom stereocenters. The van der Waals surface area contributed by atoms with Gasteiger partial charge in [0, 0.05) is 37.3 Å². The van der Waals surface area contributed by atoms with Crippen molar-refractivity contribution in [3.05, 3.63) is 122 Å². The summed E-state index contributed by atoms with van der Waals surface area (Å²) >= 11 is 0. The van der Waals surface area contributed by atoms with Gasteiger partial charge in [-0.2, -0.15) is 0 Å². The summed E-state index contributed by atoms with van der Waals surface area (Å²) in [6, 6.07) is 12.0. The summed E-state index contributed by atoms with van der Waals surface area (Å²) in [6.45, 7) is 3.14. The Morgan fingerprint density at radius 2 is 1.54 bits per heavy atom. The van der Waals surface area contributed by atoms with Gasteiger partial charge in [0.05, 0.1) is 22.4 Å². The summed E-state index contributed by atoms with van der Waals surface area (Å²) in [5.74, 6) is -5.39. The number of rotatable bonds is 12. The second-order valence-corrected chi connectivity index (χ2v) is 13.6. The maximum absolute atomic E-state index is 15.2. The second kappa shape index (κ2) is 14.5. The lowest BCUT2D eigenvalue weighted by atomic mass is 10.0. The van der Waals surface area contributed by atoms with Crippen LogP contribution in [0, 0.1) is 11.6 Å². The zero-order valence-corrected chi connectivity index (χ0v) is 27.9. The highest BCUT2D eigenvalue weighted by Crippen LogP contribution is 2.24. The number of esters is 1. The van der Waals surface area contributed by atoms with E-state index in [-0.39, 0.29) is 34.5 Å². The standard InChI is InChI=1S/C34H33F2N5O8S/c1-19(2)49-33(45)28(16-20-4-10-24(11-5-20)41-29(42)14-15-40(3)34(41)46)38-32(44)30-26(35)17-23(18-27(30)36)39-50(47,48)25-12-6-21(7-13-25)31(43)37-22-8-9-22/h4-7,10-15,17-19,22,28,39H,8-9,16H2,1-3H3,(H,37,43)(H,38,44)/t28-/m0/s1. The molecule has 13 nitrogen and oxygen atoms in total. The van der Waals surface area contributed by atoms with Crippen molar-refractivity contribution in [2.45, 2.75) is 56.2 Å². The van der Waals surface area contributed by atoms with Crippen molar-refractivity contribution in [2.24, 2.45) is 7.05 Å². The fourth-order valence-electron chi connectivity index (χ4n) is 4.90. The van der Waals surface area contributed by atoms with Crippen LogP contribution in [0.1, 0.15) is 53.0 Å². The van der Waals surface area contributed by atoms with Gasteiger partial charge in [0.1, 0.15) is 23.2 Å². The molecule has 3 N–H and O–H groups in total. The molecule has 262 valence electrons. The maximum atomic E-state index is 15.2. The van der Waals surface area contributed by atoms with Gasteiger partial charge in [0.2, 0.25) is 0 Å². The highest BCUT2D eigenvalue weighted by molar-refractivity contribution is 7.92. The first kappa shape index (κ1) is 35.7. The van der Waals surface area contributed by atoms with Crippen molar-refractivity contribution in [1.29, 1.82) is 0 Å². The average molecular weight is 710 g/mol. The van der Waals surface area contributed by atoms with Crippen molar-refractivity contribution >= 4 is 33.5 Å². The number of nitrogens with zero attached hydrogens (tertiary/aromatic N) is 2. The molecule has 16 heteroatoms. The molecule has 1 heterocycles. The van der Waals surface area contributed by atoms with Crippen LogP contribution in [0.25, 0.3) is 5.69 Å². The van der Waals surface area contributed by atoms with Gasteiger partial charge in [0.15, 0.2) is 0 Å². The Balaban J connectivity index is 1.32. The van der Waals surface area contributed by atoms with Crippen LogP contribution in [0.15, 0.2) is 87.4 Å². The molecule has 1 fully saturated rings. The zero-order valence-electron chi connectivity index (χ0n) is 27.1. The van der Waals surface area contributed by atoms with E-state index in [0.717, 1.165) is 17.4 Å². The summed E-state index contributed by atoms with van der Waals surface area (Å²) in [7, 11) is -2.87. The normalized spacial score (nSPS) is 13.4. The number of halogens is 2. The Morgan fingerprint density at radius 3 is 2.12 bits per heavy atom. The van der Waals surface area contributed by atoms with Crippen molar-refractivity contribution in [2.75, 3.05) is 4.72 Å². The molecule has 2 amide bonds. The molecular weight excluding hydrogens is 676 g/mol. The molecule has 0 aliphatic heterocycles. The highest BCUT2D eigenvalue weighted by Gasteiger charge is 2.29. The van der Waals surface area contributed by atoms with E-state index in [9.17, 15) is 32.4 Å². The van der Waals surface area contributed by atoms with Crippen LogP contribution >= 0.6 is 0 Å². The third kappa shape index (κ3) is 8.31. The van der Waals surface area contributed by atoms with Crippen LogP contribution in [0.2, 0.25) is 0 Å². The number of carbonyl (C=O) groups excluding carboxylic acids is 3. The molecule has 0 radical (unpaired) electrons. The Labute approximate surface area is 284 Å². The molecule has 1 aliphatic rings. The lowest BCUT2D eigenvalue weighted by Gasteiger charge is -2.20. The molecule has 1 aliphatic carbocycles. The summed E-state index contributed by atoms with van der Waals surface area (Å²) in [6.07, 6.45) is 2.30. The Bertz CT molecular complexity index is 2160. The number of anilines is 1.